The molecule has 0 amide bonds. The fourth-order valence-electron chi connectivity index (χ4n) is 4.06. The van der Waals surface area contributed by atoms with Crippen LogP contribution in [0.4, 0.5) is 5.69 Å². The summed E-state index contributed by atoms with van der Waals surface area (Å²) in [7, 11) is -3.86. The zero-order valence-corrected chi connectivity index (χ0v) is 18.0. The van der Waals surface area contributed by atoms with Crippen molar-refractivity contribution in [2.24, 2.45) is 0 Å². The number of carbonyl (C=O) groups excluding carboxylic acids is 1. The molecule has 0 N–H and O–H groups in total. The number of esters is 1. The van der Waals surface area contributed by atoms with E-state index in [1.165, 1.54) is 12.1 Å². The lowest BCUT2D eigenvalue weighted by Gasteiger charge is -2.18. The van der Waals surface area contributed by atoms with Gasteiger partial charge in [0.05, 0.1) is 10.6 Å². The van der Waals surface area contributed by atoms with Crippen LogP contribution in [0.3, 0.4) is 0 Å². The predicted molar refractivity (Wildman–Crippen MR) is 120 cm³/mol. The van der Waals surface area contributed by atoms with Gasteiger partial charge in [0.1, 0.15) is 18.7 Å². The number of carbonyl (C=O) groups is 1. The fourth-order valence-corrected chi connectivity index (χ4v) is 5.72. The molecule has 0 unspecified atom stereocenters. The summed E-state index contributed by atoms with van der Waals surface area (Å²) < 4.78 is 37.7. The summed E-state index contributed by atoms with van der Waals surface area (Å²) in [6, 6.07) is 17.1. The Bertz CT molecular complexity index is 1550. The second-order valence-electron chi connectivity index (χ2n) is 7.58. The molecule has 4 aromatic rings. The van der Waals surface area contributed by atoms with Gasteiger partial charge in [-0.05, 0) is 35.6 Å². The highest BCUT2D eigenvalue weighted by molar-refractivity contribution is 7.93. The van der Waals surface area contributed by atoms with Crippen molar-refractivity contribution < 1.29 is 22.4 Å². The molecule has 0 fully saturated rings. The van der Waals surface area contributed by atoms with E-state index in [9.17, 15) is 18.0 Å². The molecule has 0 spiro atoms. The molecule has 1 aliphatic rings. The maximum Gasteiger partial charge on any atom is 0.336 e. The van der Waals surface area contributed by atoms with Crippen LogP contribution in [0.5, 0.6) is 0 Å². The number of hydrogen-bond donors (Lipinski definition) is 0. The smallest absolute Gasteiger partial charge is 0.336 e. The van der Waals surface area contributed by atoms with E-state index in [0.717, 1.165) is 21.7 Å². The van der Waals surface area contributed by atoms with Gasteiger partial charge in [0.25, 0.3) is 10.0 Å². The Balaban J connectivity index is 1.40. The molecule has 1 aliphatic heterocycles. The largest absolute Gasteiger partial charge is 0.459 e. The number of sulfonamides is 1. The summed E-state index contributed by atoms with van der Waals surface area (Å²) in [6.45, 7) is 1.36. The highest BCUT2D eigenvalue weighted by Gasteiger charge is 2.37. The molecule has 32 heavy (non-hydrogen) atoms. The van der Waals surface area contributed by atoms with Crippen molar-refractivity contribution >= 4 is 43.4 Å². The molecular weight excluding hydrogens is 430 g/mol. The third-order valence-corrected chi connectivity index (χ3v) is 7.45. The molecule has 3 aromatic carbocycles. The zero-order valence-electron chi connectivity index (χ0n) is 17.2. The third kappa shape index (κ3) is 3.23. The monoisotopic (exact) mass is 449 g/mol. The van der Waals surface area contributed by atoms with E-state index in [1.807, 2.05) is 31.2 Å². The van der Waals surface area contributed by atoms with Gasteiger partial charge in [-0.25, -0.2) is 13.2 Å². The van der Waals surface area contributed by atoms with E-state index in [4.69, 9.17) is 9.15 Å². The SMILES string of the molecule is CCc1ccc2c(COC(=O)CN3c4cccc5cccc(c45)S3(=O)=O)cc(=O)oc2c1. The molecule has 8 heteroatoms. The summed E-state index contributed by atoms with van der Waals surface area (Å²) in [5.41, 5.74) is 1.85. The first kappa shape index (κ1) is 20.3. The lowest BCUT2D eigenvalue weighted by Crippen LogP contribution is -2.33. The van der Waals surface area contributed by atoms with Crippen LogP contribution < -0.4 is 9.93 Å². The first-order chi connectivity index (χ1) is 15.4. The van der Waals surface area contributed by atoms with Crippen molar-refractivity contribution in [1.29, 1.82) is 0 Å². The van der Waals surface area contributed by atoms with Crippen molar-refractivity contribution in [3.05, 3.63) is 82.2 Å². The second kappa shape index (κ2) is 7.49. The minimum Gasteiger partial charge on any atom is -0.459 e. The molecule has 0 saturated carbocycles. The zero-order chi connectivity index (χ0) is 22.5. The van der Waals surface area contributed by atoms with Crippen LogP contribution >= 0.6 is 0 Å². The van der Waals surface area contributed by atoms with Crippen molar-refractivity contribution in [1.82, 2.24) is 0 Å². The molecule has 2 heterocycles. The maximum atomic E-state index is 13.0. The van der Waals surface area contributed by atoms with Crippen LogP contribution in [0.25, 0.3) is 21.7 Å². The van der Waals surface area contributed by atoms with Crippen LogP contribution in [0.15, 0.2) is 74.8 Å². The van der Waals surface area contributed by atoms with Crippen molar-refractivity contribution in [2.45, 2.75) is 24.8 Å². The number of benzene rings is 3. The van der Waals surface area contributed by atoms with Gasteiger partial charge < -0.3 is 9.15 Å². The minimum atomic E-state index is -3.86. The number of anilines is 1. The summed E-state index contributed by atoms with van der Waals surface area (Å²) in [4.78, 5) is 24.7. The number of hydrogen-bond acceptors (Lipinski definition) is 6. The van der Waals surface area contributed by atoms with E-state index >= 15 is 0 Å². The molecule has 0 atom stereocenters. The van der Waals surface area contributed by atoms with Gasteiger partial charge in [0.15, 0.2) is 0 Å². The lowest BCUT2D eigenvalue weighted by molar-refractivity contribution is -0.143. The number of rotatable bonds is 5. The molecular formula is C24H19NO6S. The van der Waals surface area contributed by atoms with Crippen LogP contribution in [-0.4, -0.2) is 20.9 Å². The molecule has 1 aromatic heterocycles. The van der Waals surface area contributed by atoms with E-state index in [2.05, 4.69) is 0 Å². The Morgan fingerprint density at radius 1 is 1.06 bits per heavy atom. The average Bonchev–Trinajstić information content (AvgIpc) is 3.00. The second-order valence-corrected chi connectivity index (χ2v) is 9.41. The molecule has 0 saturated heterocycles. The van der Waals surface area contributed by atoms with Crippen molar-refractivity contribution in [2.75, 3.05) is 10.8 Å². The molecule has 162 valence electrons. The van der Waals surface area contributed by atoms with E-state index in [0.29, 0.717) is 27.6 Å². The van der Waals surface area contributed by atoms with Gasteiger partial charge >= 0.3 is 11.6 Å². The van der Waals surface area contributed by atoms with Crippen molar-refractivity contribution in [3.8, 4) is 0 Å². The number of ether oxygens (including phenoxy) is 1. The Hall–Kier alpha value is -3.65. The summed E-state index contributed by atoms with van der Waals surface area (Å²) in [5.74, 6) is -0.718. The van der Waals surface area contributed by atoms with Crippen LogP contribution in [0.2, 0.25) is 0 Å². The summed E-state index contributed by atoms with van der Waals surface area (Å²) in [5, 5.41) is 2.05. The Morgan fingerprint density at radius 2 is 1.84 bits per heavy atom. The Kier molecular flexibility index (Phi) is 4.74. The highest BCUT2D eigenvalue weighted by Crippen LogP contribution is 2.41. The van der Waals surface area contributed by atoms with E-state index < -0.39 is 28.2 Å². The quantitative estimate of drug-likeness (QED) is 0.340. The minimum absolute atomic E-state index is 0.169. The van der Waals surface area contributed by atoms with Crippen LogP contribution in [0, 0.1) is 0 Å². The fraction of sp³-hybridized carbons (Fsp3) is 0.167. The van der Waals surface area contributed by atoms with Gasteiger partial charge in [0.2, 0.25) is 0 Å². The normalized spacial score (nSPS) is 14.2. The first-order valence-corrected chi connectivity index (χ1v) is 11.6. The topological polar surface area (TPSA) is 93.9 Å². The molecule has 0 aliphatic carbocycles. The van der Waals surface area contributed by atoms with Crippen LogP contribution in [-0.2, 0) is 32.6 Å². The standard InChI is InChI=1S/C24H19NO6S/c1-2-15-9-10-18-17(12-22(26)31-20(18)11-15)14-30-23(27)13-25-19-7-3-5-16-6-4-8-21(24(16)19)32(25,28)29/h3-12H,2,13-14H2,1H3. The molecule has 0 radical (unpaired) electrons. The summed E-state index contributed by atoms with van der Waals surface area (Å²) >= 11 is 0. The number of fused-ring (bicyclic) bond motifs is 1. The van der Waals surface area contributed by atoms with Gasteiger partial charge in [0, 0.05) is 22.4 Å². The van der Waals surface area contributed by atoms with Gasteiger partial charge in [-0.15, -0.1) is 0 Å². The molecule has 0 bridgehead atoms. The lowest BCUT2D eigenvalue weighted by atomic mass is 10.1. The van der Waals surface area contributed by atoms with E-state index in [1.54, 1.807) is 24.3 Å². The number of aryl methyl sites for hydroxylation is 1. The Labute approximate surface area is 183 Å². The summed E-state index contributed by atoms with van der Waals surface area (Å²) in [6.07, 6.45) is 0.790. The molecule has 5 rings (SSSR count). The van der Waals surface area contributed by atoms with Crippen molar-refractivity contribution in [3.63, 3.8) is 0 Å². The maximum absolute atomic E-state index is 13.0. The van der Waals surface area contributed by atoms with E-state index in [-0.39, 0.29) is 11.5 Å². The van der Waals surface area contributed by atoms with Crippen LogP contribution in [0.1, 0.15) is 18.1 Å². The highest BCUT2D eigenvalue weighted by atomic mass is 32.2. The predicted octanol–water partition coefficient (Wildman–Crippen LogP) is 3.76. The number of nitrogens with zero attached hydrogens (tertiary/aromatic N) is 1. The first-order valence-electron chi connectivity index (χ1n) is 10.1. The van der Waals surface area contributed by atoms with Gasteiger partial charge in [-0.1, -0.05) is 43.3 Å². The average molecular weight is 449 g/mol. The van der Waals surface area contributed by atoms with Gasteiger partial charge in [-0.2, -0.15) is 0 Å². The van der Waals surface area contributed by atoms with Gasteiger partial charge in [-0.3, -0.25) is 9.10 Å². The molecule has 7 nitrogen and oxygen atoms in total. The third-order valence-electron chi connectivity index (χ3n) is 5.65. The Morgan fingerprint density at radius 3 is 2.62 bits per heavy atom.